The number of rotatable bonds is 4. The summed E-state index contributed by atoms with van der Waals surface area (Å²) in [7, 11) is 0. The molecule has 0 radical (unpaired) electrons. The van der Waals surface area contributed by atoms with Crippen molar-refractivity contribution in [1.29, 1.82) is 0 Å². The molecule has 3 rings (SSSR count). The number of hydrogen-bond donors (Lipinski definition) is 1. The Balaban J connectivity index is 1.88. The number of likely N-dealkylation sites (tertiary alicyclic amines) is 1. The summed E-state index contributed by atoms with van der Waals surface area (Å²) in [6.45, 7) is 8.66. The fourth-order valence-corrected chi connectivity index (χ4v) is 3.79. The van der Waals surface area contributed by atoms with Crippen LogP contribution < -0.4 is 5.32 Å². The minimum Gasteiger partial charge on any atom is -0.332 e. The van der Waals surface area contributed by atoms with Crippen LogP contribution in [0.5, 0.6) is 0 Å². The first-order chi connectivity index (χ1) is 11.9. The maximum Gasteiger partial charge on any atom is 0.225 e. The zero-order chi connectivity index (χ0) is 18.0. The monoisotopic (exact) mass is 359 g/mol. The highest BCUT2D eigenvalue weighted by Gasteiger charge is 2.31. The number of carbonyl (C=O) groups is 1. The van der Waals surface area contributed by atoms with E-state index in [0.717, 1.165) is 53.2 Å². The number of nitrogens with zero attached hydrogens (tertiary/aromatic N) is 4. The summed E-state index contributed by atoms with van der Waals surface area (Å²) in [5, 5.41) is 4.08. The van der Waals surface area contributed by atoms with Gasteiger partial charge in [-0.05, 0) is 33.1 Å². The Bertz CT molecular complexity index is 758. The lowest BCUT2D eigenvalue weighted by Crippen LogP contribution is -2.41. The molecule has 0 aromatic carbocycles. The van der Waals surface area contributed by atoms with Crippen LogP contribution in [-0.2, 0) is 4.79 Å². The van der Waals surface area contributed by atoms with Gasteiger partial charge >= 0.3 is 0 Å². The average molecular weight is 359 g/mol. The van der Waals surface area contributed by atoms with Crippen molar-refractivity contribution in [1.82, 2.24) is 19.9 Å². The SMILES string of the molecule is Cc1cc(Nc2ncc(C)s2)nc(C2CCCCN2C(=O)C(C)C)n1. The number of hydrogen-bond acceptors (Lipinski definition) is 6. The molecular weight excluding hydrogens is 334 g/mol. The van der Waals surface area contributed by atoms with Crippen molar-refractivity contribution in [2.75, 3.05) is 11.9 Å². The molecule has 1 amide bonds. The Morgan fingerprint density at radius 2 is 2.12 bits per heavy atom. The summed E-state index contributed by atoms with van der Waals surface area (Å²) in [4.78, 5) is 29.4. The van der Waals surface area contributed by atoms with Gasteiger partial charge in [0, 0.05) is 35.3 Å². The summed E-state index contributed by atoms with van der Waals surface area (Å²) in [6, 6.07) is 1.87. The molecule has 0 bridgehead atoms. The Hall–Kier alpha value is -2.02. The van der Waals surface area contributed by atoms with E-state index in [9.17, 15) is 4.79 Å². The number of anilines is 2. The van der Waals surface area contributed by atoms with E-state index in [4.69, 9.17) is 4.98 Å². The Labute approximate surface area is 152 Å². The molecule has 1 aliphatic rings. The van der Waals surface area contributed by atoms with Crippen LogP contribution in [0.2, 0.25) is 0 Å². The largest absolute Gasteiger partial charge is 0.332 e. The number of nitrogens with one attached hydrogen (secondary N) is 1. The highest BCUT2D eigenvalue weighted by atomic mass is 32.1. The minimum absolute atomic E-state index is 0.0127. The Morgan fingerprint density at radius 1 is 1.32 bits per heavy atom. The first-order valence-electron chi connectivity index (χ1n) is 8.79. The van der Waals surface area contributed by atoms with Crippen LogP contribution in [0.25, 0.3) is 0 Å². The molecule has 0 saturated carbocycles. The fourth-order valence-electron chi connectivity index (χ4n) is 3.12. The van der Waals surface area contributed by atoms with Crippen molar-refractivity contribution >= 4 is 28.2 Å². The van der Waals surface area contributed by atoms with Gasteiger partial charge in [0.15, 0.2) is 11.0 Å². The van der Waals surface area contributed by atoms with Crippen LogP contribution in [0.1, 0.15) is 55.5 Å². The predicted octanol–water partition coefficient (Wildman–Crippen LogP) is 4.00. The molecule has 1 atom stereocenters. The molecule has 0 aliphatic carbocycles. The molecule has 6 nitrogen and oxygen atoms in total. The van der Waals surface area contributed by atoms with Gasteiger partial charge in [0.2, 0.25) is 5.91 Å². The second-order valence-electron chi connectivity index (χ2n) is 6.85. The van der Waals surface area contributed by atoms with Gasteiger partial charge in [-0.25, -0.2) is 15.0 Å². The van der Waals surface area contributed by atoms with Crippen molar-refractivity contribution in [2.24, 2.45) is 5.92 Å². The van der Waals surface area contributed by atoms with Crippen LogP contribution in [-0.4, -0.2) is 32.3 Å². The maximum absolute atomic E-state index is 12.6. The van der Waals surface area contributed by atoms with Crippen LogP contribution in [0.4, 0.5) is 10.9 Å². The standard InChI is InChI=1S/C18H25N5OS/c1-11(2)17(24)23-8-6-5-7-14(23)16-20-12(3)9-15(21-16)22-18-19-10-13(4)25-18/h9-11,14H,5-8H2,1-4H3,(H,19,20,21,22). The fraction of sp³-hybridized carbons (Fsp3) is 0.556. The molecule has 1 fully saturated rings. The second-order valence-corrected chi connectivity index (χ2v) is 8.09. The van der Waals surface area contributed by atoms with E-state index in [1.165, 1.54) is 0 Å². The zero-order valence-corrected chi connectivity index (χ0v) is 16.1. The first-order valence-corrected chi connectivity index (χ1v) is 9.61. The topological polar surface area (TPSA) is 71.0 Å². The van der Waals surface area contributed by atoms with Crippen LogP contribution in [0.3, 0.4) is 0 Å². The van der Waals surface area contributed by atoms with Gasteiger partial charge in [-0.1, -0.05) is 13.8 Å². The van der Waals surface area contributed by atoms with Gasteiger partial charge in [0.25, 0.3) is 0 Å². The normalized spacial score (nSPS) is 17.8. The van der Waals surface area contributed by atoms with E-state index in [1.807, 2.05) is 44.9 Å². The quantitative estimate of drug-likeness (QED) is 0.893. The van der Waals surface area contributed by atoms with Crippen molar-refractivity contribution < 1.29 is 4.79 Å². The molecule has 7 heteroatoms. The van der Waals surface area contributed by atoms with Gasteiger partial charge in [-0.2, -0.15) is 0 Å². The molecule has 2 aromatic heterocycles. The predicted molar refractivity (Wildman–Crippen MR) is 100 cm³/mol. The summed E-state index contributed by atoms with van der Waals surface area (Å²) in [6.07, 6.45) is 4.90. The van der Waals surface area contributed by atoms with Crippen molar-refractivity contribution in [3.8, 4) is 0 Å². The van der Waals surface area contributed by atoms with Crippen molar-refractivity contribution in [2.45, 2.75) is 53.0 Å². The smallest absolute Gasteiger partial charge is 0.225 e. The number of amides is 1. The molecule has 2 aromatic rings. The average Bonchev–Trinajstić information content (AvgIpc) is 2.98. The number of thiazole rings is 1. The molecule has 1 unspecified atom stereocenters. The summed E-state index contributed by atoms with van der Waals surface area (Å²) in [5.74, 6) is 1.63. The van der Waals surface area contributed by atoms with Gasteiger partial charge < -0.3 is 10.2 Å². The highest BCUT2D eigenvalue weighted by molar-refractivity contribution is 7.15. The molecule has 1 aliphatic heterocycles. The molecule has 1 saturated heterocycles. The minimum atomic E-state index is -0.0397. The van der Waals surface area contributed by atoms with Gasteiger partial charge in [0.1, 0.15) is 5.82 Å². The lowest BCUT2D eigenvalue weighted by molar-refractivity contribution is -0.138. The van der Waals surface area contributed by atoms with Gasteiger partial charge in [-0.15, -0.1) is 11.3 Å². The van der Waals surface area contributed by atoms with E-state index in [1.54, 1.807) is 11.3 Å². The first kappa shape index (κ1) is 17.8. The van der Waals surface area contributed by atoms with Gasteiger partial charge in [0.05, 0.1) is 6.04 Å². The second kappa shape index (κ2) is 7.47. The molecular formula is C18H25N5OS. The van der Waals surface area contributed by atoms with Crippen LogP contribution in [0, 0.1) is 19.8 Å². The summed E-state index contributed by atoms with van der Waals surface area (Å²) in [5.41, 5.74) is 0.892. The highest BCUT2D eigenvalue weighted by Crippen LogP contribution is 2.31. The van der Waals surface area contributed by atoms with E-state index >= 15 is 0 Å². The number of aromatic nitrogens is 3. The third kappa shape index (κ3) is 4.15. The maximum atomic E-state index is 12.6. The number of aryl methyl sites for hydroxylation is 2. The summed E-state index contributed by atoms with van der Waals surface area (Å²) < 4.78 is 0. The lowest BCUT2D eigenvalue weighted by Gasteiger charge is -2.36. The van der Waals surface area contributed by atoms with Crippen molar-refractivity contribution in [3.63, 3.8) is 0 Å². The third-order valence-corrected chi connectivity index (χ3v) is 5.13. The molecule has 134 valence electrons. The van der Waals surface area contributed by atoms with Gasteiger partial charge in [-0.3, -0.25) is 4.79 Å². The number of piperidine rings is 1. The van der Waals surface area contributed by atoms with E-state index in [0.29, 0.717) is 0 Å². The van der Waals surface area contributed by atoms with E-state index in [2.05, 4.69) is 15.3 Å². The summed E-state index contributed by atoms with van der Waals surface area (Å²) >= 11 is 1.59. The molecule has 0 spiro atoms. The lowest BCUT2D eigenvalue weighted by atomic mass is 9.99. The Morgan fingerprint density at radius 3 is 2.80 bits per heavy atom. The van der Waals surface area contributed by atoms with Crippen LogP contribution in [0.15, 0.2) is 12.3 Å². The molecule has 1 N–H and O–H groups in total. The molecule has 3 heterocycles. The third-order valence-electron chi connectivity index (χ3n) is 4.31. The van der Waals surface area contributed by atoms with E-state index < -0.39 is 0 Å². The van der Waals surface area contributed by atoms with Crippen molar-refractivity contribution in [3.05, 3.63) is 28.7 Å². The number of carbonyl (C=O) groups excluding carboxylic acids is 1. The molecule has 25 heavy (non-hydrogen) atoms. The zero-order valence-electron chi connectivity index (χ0n) is 15.2. The Kier molecular flexibility index (Phi) is 5.32. The van der Waals surface area contributed by atoms with E-state index in [-0.39, 0.29) is 17.9 Å². The van der Waals surface area contributed by atoms with Crippen LogP contribution >= 0.6 is 11.3 Å².